The lowest BCUT2D eigenvalue weighted by molar-refractivity contribution is 0.0118. The maximum absolute atomic E-state index is 11.4. The number of rotatable bonds is 6. The molecule has 0 fully saturated rings. The average Bonchev–Trinajstić information content (AvgIpc) is 2.44. The highest BCUT2D eigenvalue weighted by Crippen LogP contribution is 2.20. The van der Waals surface area contributed by atoms with E-state index in [0.717, 1.165) is 0 Å². The van der Waals surface area contributed by atoms with Crippen molar-refractivity contribution in [2.24, 2.45) is 0 Å². The Kier molecular flexibility index (Phi) is 6.45. The summed E-state index contributed by atoms with van der Waals surface area (Å²) >= 11 is 0. The monoisotopic (exact) mass is 310 g/mol. The van der Waals surface area contributed by atoms with Crippen molar-refractivity contribution in [3.05, 3.63) is 29.6 Å². The van der Waals surface area contributed by atoms with Crippen LogP contribution in [0.5, 0.6) is 0 Å². The summed E-state index contributed by atoms with van der Waals surface area (Å²) in [4.78, 5) is 26.2. The molecule has 0 bridgehead atoms. The van der Waals surface area contributed by atoms with Crippen molar-refractivity contribution in [1.29, 1.82) is 0 Å². The molecule has 0 aliphatic rings. The Bertz CT molecular complexity index is 513. The third-order valence-electron chi connectivity index (χ3n) is 2.81. The van der Waals surface area contributed by atoms with Crippen LogP contribution in [-0.4, -0.2) is 45.8 Å². The van der Waals surface area contributed by atoms with Crippen molar-refractivity contribution in [2.75, 3.05) is 6.54 Å². The Morgan fingerprint density at radius 3 is 2.73 bits per heavy atom. The highest BCUT2D eigenvalue weighted by molar-refractivity contribution is 5.77. The van der Waals surface area contributed by atoms with Gasteiger partial charge in [0.2, 0.25) is 0 Å². The minimum absolute atomic E-state index is 0.105. The first kappa shape index (κ1) is 18.1. The summed E-state index contributed by atoms with van der Waals surface area (Å²) in [5.41, 5.74) is -0.0829. The molecule has 3 N–H and O–H groups in total. The Morgan fingerprint density at radius 1 is 1.45 bits per heavy atom. The van der Waals surface area contributed by atoms with Gasteiger partial charge in [0.05, 0.1) is 6.10 Å². The summed E-state index contributed by atoms with van der Waals surface area (Å²) in [5, 5.41) is 22.5. The molecule has 122 valence electrons. The number of aliphatic hydroxyl groups excluding tert-OH is 2. The molecule has 1 aromatic rings. The predicted molar refractivity (Wildman–Crippen MR) is 79.4 cm³/mol. The first-order chi connectivity index (χ1) is 10.2. The zero-order chi connectivity index (χ0) is 16.8. The van der Waals surface area contributed by atoms with E-state index in [1.54, 1.807) is 20.8 Å². The summed E-state index contributed by atoms with van der Waals surface area (Å²) in [6, 6.07) is 1.46. The molecule has 0 aliphatic heterocycles. The summed E-state index contributed by atoms with van der Waals surface area (Å²) < 4.78 is 5.05. The van der Waals surface area contributed by atoms with Gasteiger partial charge in [-0.05, 0) is 33.3 Å². The largest absolute Gasteiger partial charge is 0.444 e. The van der Waals surface area contributed by atoms with Crippen LogP contribution in [0.25, 0.3) is 0 Å². The van der Waals surface area contributed by atoms with Gasteiger partial charge >= 0.3 is 6.09 Å². The maximum Gasteiger partial charge on any atom is 0.407 e. The number of carbonyl (C=O) groups is 2. The van der Waals surface area contributed by atoms with Crippen molar-refractivity contribution in [3.63, 3.8) is 0 Å². The quantitative estimate of drug-likeness (QED) is 0.681. The number of aldehydes is 1. The van der Waals surface area contributed by atoms with Gasteiger partial charge in [0.25, 0.3) is 0 Å². The highest BCUT2D eigenvalue weighted by atomic mass is 16.6. The first-order valence-corrected chi connectivity index (χ1v) is 6.96. The number of aliphatic hydroxyl groups is 2. The second kappa shape index (κ2) is 7.86. The van der Waals surface area contributed by atoms with Crippen LogP contribution in [0.3, 0.4) is 0 Å². The average molecular weight is 310 g/mol. The summed E-state index contributed by atoms with van der Waals surface area (Å²) in [6.07, 6.45) is 0.464. The Hall–Kier alpha value is -1.99. The SMILES string of the molecule is CC(C)(C)OC(=O)NCCC(O)C(O)c1cnccc1C=O. The molecule has 0 radical (unpaired) electrons. The summed E-state index contributed by atoms with van der Waals surface area (Å²) in [5.74, 6) is 0. The number of carbonyl (C=O) groups excluding carboxylic acids is 2. The lowest BCUT2D eigenvalue weighted by Gasteiger charge is -2.21. The molecular weight excluding hydrogens is 288 g/mol. The van der Waals surface area contributed by atoms with E-state index in [-0.39, 0.29) is 24.1 Å². The van der Waals surface area contributed by atoms with E-state index in [4.69, 9.17) is 4.74 Å². The van der Waals surface area contributed by atoms with Crippen molar-refractivity contribution < 1.29 is 24.5 Å². The zero-order valence-electron chi connectivity index (χ0n) is 12.9. The molecule has 0 aliphatic carbocycles. The molecule has 2 unspecified atom stereocenters. The standard InChI is InChI=1S/C15H22N2O5/c1-15(2,3)22-14(21)17-7-5-12(19)13(20)11-8-16-6-4-10(11)9-18/h4,6,8-9,12-13,19-20H,5,7H2,1-3H3,(H,17,21). The van der Waals surface area contributed by atoms with Crippen molar-refractivity contribution in [3.8, 4) is 0 Å². The molecule has 0 spiro atoms. The molecule has 1 heterocycles. The van der Waals surface area contributed by atoms with Gasteiger partial charge in [0, 0.05) is 30.1 Å². The molecule has 7 nitrogen and oxygen atoms in total. The topological polar surface area (TPSA) is 109 Å². The number of hydrogen-bond acceptors (Lipinski definition) is 6. The van der Waals surface area contributed by atoms with Crippen molar-refractivity contribution >= 4 is 12.4 Å². The number of aromatic nitrogens is 1. The van der Waals surface area contributed by atoms with Crippen LogP contribution in [-0.2, 0) is 4.74 Å². The molecule has 1 amide bonds. The molecule has 0 saturated heterocycles. The minimum Gasteiger partial charge on any atom is -0.444 e. The van der Waals surface area contributed by atoms with Crippen LogP contribution in [0.2, 0.25) is 0 Å². The second-order valence-corrected chi connectivity index (χ2v) is 5.85. The number of ether oxygens (including phenoxy) is 1. The van der Waals surface area contributed by atoms with Crippen LogP contribution in [0.4, 0.5) is 4.79 Å². The zero-order valence-corrected chi connectivity index (χ0v) is 12.9. The summed E-state index contributed by atoms with van der Waals surface area (Å²) in [6.45, 7) is 5.36. The van der Waals surface area contributed by atoms with E-state index in [9.17, 15) is 19.8 Å². The molecular formula is C15H22N2O5. The number of nitrogens with one attached hydrogen (secondary N) is 1. The molecule has 1 rings (SSSR count). The normalized spacial score (nSPS) is 14.0. The van der Waals surface area contributed by atoms with Gasteiger partial charge in [-0.15, -0.1) is 0 Å². The van der Waals surface area contributed by atoms with Gasteiger partial charge in [-0.3, -0.25) is 9.78 Å². The van der Waals surface area contributed by atoms with Crippen LogP contribution in [0.15, 0.2) is 18.5 Å². The lowest BCUT2D eigenvalue weighted by Crippen LogP contribution is -2.34. The second-order valence-electron chi connectivity index (χ2n) is 5.85. The Morgan fingerprint density at radius 2 is 2.14 bits per heavy atom. The highest BCUT2D eigenvalue weighted by Gasteiger charge is 2.22. The van der Waals surface area contributed by atoms with Crippen LogP contribution in [0, 0.1) is 0 Å². The van der Waals surface area contributed by atoms with Gasteiger partial charge in [0.15, 0.2) is 6.29 Å². The maximum atomic E-state index is 11.4. The van der Waals surface area contributed by atoms with E-state index in [0.29, 0.717) is 6.29 Å². The fourth-order valence-electron chi connectivity index (χ4n) is 1.77. The van der Waals surface area contributed by atoms with Crippen molar-refractivity contribution in [1.82, 2.24) is 10.3 Å². The van der Waals surface area contributed by atoms with E-state index in [1.807, 2.05) is 0 Å². The third-order valence-corrected chi connectivity index (χ3v) is 2.81. The van der Waals surface area contributed by atoms with Gasteiger partial charge in [0.1, 0.15) is 11.7 Å². The van der Waals surface area contributed by atoms with E-state index in [1.165, 1.54) is 18.5 Å². The fraction of sp³-hybridized carbons (Fsp3) is 0.533. The Balaban J connectivity index is 2.50. The van der Waals surface area contributed by atoms with Gasteiger partial charge in [-0.1, -0.05) is 0 Å². The Labute approximate surface area is 129 Å². The lowest BCUT2D eigenvalue weighted by atomic mass is 10.00. The first-order valence-electron chi connectivity index (χ1n) is 6.96. The van der Waals surface area contributed by atoms with Gasteiger partial charge in [-0.25, -0.2) is 4.79 Å². The number of nitrogens with zero attached hydrogens (tertiary/aromatic N) is 1. The molecule has 2 atom stereocenters. The van der Waals surface area contributed by atoms with E-state index >= 15 is 0 Å². The van der Waals surface area contributed by atoms with Crippen LogP contribution in [0.1, 0.15) is 49.2 Å². The van der Waals surface area contributed by atoms with E-state index in [2.05, 4.69) is 10.3 Å². The van der Waals surface area contributed by atoms with Crippen LogP contribution >= 0.6 is 0 Å². The smallest absolute Gasteiger partial charge is 0.407 e. The molecule has 7 heteroatoms. The van der Waals surface area contributed by atoms with Gasteiger partial charge < -0.3 is 20.3 Å². The third kappa shape index (κ3) is 5.79. The number of amides is 1. The van der Waals surface area contributed by atoms with E-state index < -0.39 is 23.9 Å². The number of alkyl carbamates (subject to hydrolysis) is 1. The number of hydrogen-bond donors (Lipinski definition) is 3. The van der Waals surface area contributed by atoms with Crippen molar-refractivity contribution in [2.45, 2.75) is 45.0 Å². The number of pyridine rings is 1. The predicted octanol–water partition coefficient (Wildman–Crippen LogP) is 1.20. The fourth-order valence-corrected chi connectivity index (χ4v) is 1.77. The molecule has 0 saturated carbocycles. The molecule has 1 aromatic heterocycles. The molecule has 0 aromatic carbocycles. The minimum atomic E-state index is -1.26. The summed E-state index contributed by atoms with van der Waals surface area (Å²) in [7, 11) is 0. The molecule has 22 heavy (non-hydrogen) atoms. The van der Waals surface area contributed by atoms with Crippen LogP contribution < -0.4 is 5.32 Å². The van der Waals surface area contributed by atoms with Gasteiger partial charge in [-0.2, -0.15) is 0 Å².